The Labute approximate surface area is 154 Å². The van der Waals surface area contributed by atoms with Crippen molar-refractivity contribution in [2.24, 2.45) is 7.05 Å². The largest absolute Gasteiger partial charge is 0.334 e. The first kappa shape index (κ1) is 17.4. The third-order valence-corrected chi connectivity index (χ3v) is 4.65. The van der Waals surface area contributed by atoms with Gasteiger partial charge in [-0.3, -0.25) is 14.2 Å². The molecule has 0 fully saturated rings. The van der Waals surface area contributed by atoms with Gasteiger partial charge in [-0.05, 0) is 41.9 Å². The Morgan fingerprint density at radius 1 is 1.32 bits per heavy atom. The lowest BCUT2D eigenvalue weighted by Crippen LogP contribution is -2.28. The minimum Gasteiger partial charge on any atom is -0.334 e. The van der Waals surface area contributed by atoms with Crippen molar-refractivity contribution in [3.8, 4) is 0 Å². The summed E-state index contributed by atoms with van der Waals surface area (Å²) in [5.74, 6) is -0.139. The van der Waals surface area contributed by atoms with E-state index in [1.807, 2.05) is 31.6 Å². The molecule has 25 heavy (non-hydrogen) atoms. The molecule has 0 aliphatic heterocycles. The standard InChI is InChI=1S/C16H20BrN7O/c1-11-7-12(2)24(19-11)10-23-6-5-14(20-23)16(25)21(3)9-15-13(17)8-18-22(15)4/h5-8H,9-10H2,1-4H3. The Morgan fingerprint density at radius 2 is 2.08 bits per heavy atom. The quantitative estimate of drug-likeness (QED) is 0.650. The van der Waals surface area contributed by atoms with Crippen molar-refractivity contribution in [2.75, 3.05) is 7.05 Å². The molecule has 3 heterocycles. The second kappa shape index (κ2) is 6.83. The third kappa shape index (κ3) is 3.65. The summed E-state index contributed by atoms with van der Waals surface area (Å²) in [4.78, 5) is 14.2. The van der Waals surface area contributed by atoms with E-state index in [1.54, 1.807) is 39.8 Å². The van der Waals surface area contributed by atoms with Crippen LogP contribution in [-0.4, -0.2) is 47.2 Å². The van der Waals surface area contributed by atoms with Gasteiger partial charge < -0.3 is 4.90 Å². The van der Waals surface area contributed by atoms with Crippen molar-refractivity contribution in [1.29, 1.82) is 0 Å². The first-order valence-corrected chi connectivity index (χ1v) is 8.61. The topological polar surface area (TPSA) is 73.8 Å². The molecule has 0 N–H and O–H groups in total. The summed E-state index contributed by atoms with van der Waals surface area (Å²) < 4.78 is 6.19. The van der Waals surface area contributed by atoms with Crippen LogP contribution in [0.2, 0.25) is 0 Å². The Bertz CT molecular complexity index is 888. The lowest BCUT2D eigenvalue weighted by Gasteiger charge is -2.16. The molecule has 9 heteroatoms. The predicted octanol–water partition coefficient (Wildman–Crippen LogP) is 1.97. The predicted molar refractivity (Wildman–Crippen MR) is 96.0 cm³/mol. The zero-order valence-corrected chi connectivity index (χ0v) is 16.2. The molecule has 0 spiro atoms. The van der Waals surface area contributed by atoms with Crippen LogP contribution < -0.4 is 0 Å². The fraction of sp³-hybridized carbons (Fsp3) is 0.375. The highest BCUT2D eigenvalue weighted by Crippen LogP contribution is 2.17. The van der Waals surface area contributed by atoms with E-state index in [0.29, 0.717) is 18.9 Å². The van der Waals surface area contributed by atoms with E-state index < -0.39 is 0 Å². The van der Waals surface area contributed by atoms with Gasteiger partial charge in [0.05, 0.1) is 28.6 Å². The first-order chi connectivity index (χ1) is 11.8. The first-order valence-electron chi connectivity index (χ1n) is 7.81. The zero-order chi connectivity index (χ0) is 18.1. The maximum absolute atomic E-state index is 12.6. The lowest BCUT2D eigenvalue weighted by molar-refractivity contribution is 0.0774. The Morgan fingerprint density at radius 3 is 2.68 bits per heavy atom. The number of nitrogens with zero attached hydrogens (tertiary/aromatic N) is 7. The molecule has 0 aliphatic rings. The highest BCUT2D eigenvalue weighted by Gasteiger charge is 2.18. The summed E-state index contributed by atoms with van der Waals surface area (Å²) in [5.41, 5.74) is 3.35. The number of hydrogen-bond donors (Lipinski definition) is 0. The molecule has 0 atom stereocenters. The SMILES string of the molecule is Cc1cc(C)n(Cn2ccc(C(=O)N(C)Cc3c(Br)cnn3C)n2)n1. The summed E-state index contributed by atoms with van der Waals surface area (Å²) in [6.45, 7) is 4.87. The molecule has 0 bridgehead atoms. The van der Waals surface area contributed by atoms with Crippen molar-refractivity contribution in [3.63, 3.8) is 0 Å². The summed E-state index contributed by atoms with van der Waals surface area (Å²) in [6, 6.07) is 3.73. The molecule has 0 unspecified atom stereocenters. The number of amides is 1. The average Bonchev–Trinajstić information content (AvgIpc) is 3.23. The fourth-order valence-corrected chi connectivity index (χ4v) is 3.09. The van der Waals surface area contributed by atoms with Gasteiger partial charge in [0.15, 0.2) is 0 Å². The molecule has 1 amide bonds. The Kier molecular flexibility index (Phi) is 4.76. The number of aromatic nitrogens is 6. The second-order valence-electron chi connectivity index (χ2n) is 6.03. The van der Waals surface area contributed by atoms with Crippen LogP contribution in [0.25, 0.3) is 0 Å². The average molecular weight is 406 g/mol. The van der Waals surface area contributed by atoms with Gasteiger partial charge in [-0.25, -0.2) is 4.68 Å². The van der Waals surface area contributed by atoms with Crippen molar-refractivity contribution in [1.82, 2.24) is 34.2 Å². The number of hydrogen-bond acceptors (Lipinski definition) is 4. The van der Waals surface area contributed by atoms with E-state index in [0.717, 1.165) is 21.6 Å². The van der Waals surface area contributed by atoms with Crippen LogP contribution in [0.3, 0.4) is 0 Å². The summed E-state index contributed by atoms with van der Waals surface area (Å²) >= 11 is 3.45. The van der Waals surface area contributed by atoms with Crippen LogP contribution >= 0.6 is 15.9 Å². The van der Waals surface area contributed by atoms with Gasteiger partial charge in [0.2, 0.25) is 0 Å². The minimum atomic E-state index is -0.139. The van der Waals surface area contributed by atoms with Crippen LogP contribution in [0, 0.1) is 13.8 Å². The summed E-state index contributed by atoms with van der Waals surface area (Å²) in [6.07, 6.45) is 3.51. The molecule has 0 saturated heterocycles. The molecule has 0 saturated carbocycles. The van der Waals surface area contributed by atoms with Gasteiger partial charge in [0, 0.05) is 26.0 Å². The van der Waals surface area contributed by atoms with Crippen molar-refractivity contribution >= 4 is 21.8 Å². The zero-order valence-electron chi connectivity index (χ0n) is 14.6. The van der Waals surface area contributed by atoms with E-state index in [9.17, 15) is 4.79 Å². The molecule has 132 valence electrons. The highest BCUT2D eigenvalue weighted by atomic mass is 79.9. The lowest BCUT2D eigenvalue weighted by atomic mass is 10.3. The van der Waals surface area contributed by atoms with Crippen LogP contribution in [0.1, 0.15) is 27.6 Å². The summed E-state index contributed by atoms with van der Waals surface area (Å²) in [5, 5.41) is 13.0. The molecule has 8 nitrogen and oxygen atoms in total. The van der Waals surface area contributed by atoms with Crippen LogP contribution in [0.4, 0.5) is 0 Å². The van der Waals surface area contributed by atoms with E-state index in [4.69, 9.17) is 0 Å². The van der Waals surface area contributed by atoms with E-state index in [1.165, 1.54) is 0 Å². The molecular weight excluding hydrogens is 386 g/mol. The Hall–Kier alpha value is -2.42. The van der Waals surface area contributed by atoms with E-state index in [-0.39, 0.29) is 5.91 Å². The van der Waals surface area contributed by atoms with E-state index >= 15 is 0 Å². The third-order valence-electron chi connectivity index (χ3n) is 3.99. The second-order valence-corrected chi connectivity index (χ2v) is 6.89. The van der Waals surface area contributed by atoms with Crippen molar-refractivity contribution < 1.29 is 4.79 Å². The molecule has 0 radical (unpaired) electrons. The molecule has 0 aromatic carbocycles. The fourth-order valence-electron chi connectivity index (χ4n) is 2.62. The number of carbonyl (C=O) groups is 1. The van der Waals surface area contributed by atoms with Crippen LogP contribution in [0.5, 0.6) is 0 Å². The molecule has 3 rings (SSSR count). The number of carbonyl (C=O) groups excluding carboxylic acids is 1. The number of rotatable bonds is 5. The molecule has 3 aromatic rings. The van der Waals surface area contributed by atoms with Gasteiger partial charge in [-0.15, -0.1) is 0 Å². The van der Waals surface area contributed by atoms with Crippen LogP contribution in [-0.2, 0) is 20.3 Å². The molecule has 0 aliphatic carbocycles. The molecule has 3 aromatic heterocycles. The minimum absolute atomic E-state index is 0.139. The smallest absolute Gasteiger partial charge is 0.274 e. The van der Waals surface area contributed by atoms with Gasteiger partial charge >= 0.3 is 0 Å². The maximum atomic E-state index is 12.6. The normalized spacial score (nSPS) is 11.1. The van der Waals surface area contributed by atoms with Crippen molar-refractivity contribution in [3.05, 3.63) is 51.8 Å². The van der Waals surface area contributed by atoms with Crippen LogP contribution in [0.15, 0.2) is 29.0 Å². The van der Waals surface area contributed by atoms with Crippen molar-refractivity contribution in [2.45, 2.75) is 27.1 Å². The van der Waals surface area contributed by atoms with E-state index in [2.05, 4.69) is 31.2 Å². The summed E-state index contributed by atoms with van der Waals surface area (Å²) in [7, 11) is 3.60. The number of aryl methyl sites for hydroxylation is 3. The maximum Gasteiger partial charge on any atom is 0.274 e. The van der Waals surface area contributed by atoms with Gasteiger partial charge in [0.25, 0.3) is 5.91 Å². The highest BCUT2D eigenvalue weighted by molar-refractivity contribution is 9.10. The van der Waals surface area contributed by atoms with Gasteiger partial charge in [0.1, 0.15) is 12.4 Å². The monoisotopic (exact) mass is 405 g/mol. The Balaban J connectivity index is 1.70. The molecular formula is C16H20BrN7O. The van der Waals surface area contributed by atoms with Gasteiger partial charge in [-0.2, -0.15) is 15.3 Å². The number of halogens is 1. The van der Waals surface area contributed by atoms with Gasteiger partial charge in [-0.1, -0.05) is 0 Å².